The van der Waals surface area contributed by atoms with Crippen molar-refractivity contribution >= 4 is 22.2 Å². The average molecular weight is 292 g/mol. The van der Waals surface area contributed by atoms with Gasteiger partial charge in [-0.05, 0) is 37.8 Å². The molecule has 0 radical (unpaired) electrons. The van der Waals surface area contributed by atoms with Crippen LogP contribution < -0.4 is 11.1 Å². The van der Waals surface area contributed by atoms with Crippen molar-refractivity contribution in [3.8, 4) is 6.07 Å². The molecule has 1 aliphatic heterocycles. The van der Waals surface area contributed by atoms with Gasteiger partial charge in [0.15, 0.2) is 0 Å². The molecule has 0 spiro atoms. The Balaban J connectivity index is 1.95. The molecule has 5 nitrogen and oxygen atoms in total. The van der Waals surface area contributed by atoms with Crippen LogP contribution >= 0.6 is 11.3 Å². The van der Waals surface area contributed by atoms with Crippen LogP contribution in [0.15, 0.2) is 11.4 Å². The van der Waals surface area contributed by atoms with Crippen molar-refractivity contribution in [1.29, 1.82) is 5.26 Å². The quantitative estimate of drug-likeness (QED) is 0.886. The third-order valence-electron chi connectivity index (χ3n) is 3.66. The fraction of sp³-hybridized carbons (Fsp3) is 0.571. The van der Waals surface area contributed by atoms with Gasteiger partial charge in [0.2, 0.25) is 5.91 Å². The van der Waals surface area contributed by atoms with E-state index in [0.29, 0.717) is 17.1 Å². The Morgan fingerprint density at radius 1 is 1.70 bits per heavy atom. The Hall–Kier alpha value is -1.42. The summed E-state index contributed by atoms with van der Waals surface area (Å²) in [5.41, 5.74) is 6.52. The molecule has 1 aromatic heterocycles. The summed E-state index contributed by atoms with van der Waals surface area (Å²) in [5, 5.41) is 14.2. The predicted molar refractivity (Wildman–Crippen MR) is 80.5 cm³/mol. The number of nitrogens with zero attached hydrogens (tertiary/aromatic N) is 2. The largest absolute Gasteiger partial charge is 0.327 e. The molecule has 108 valence electrons. The highest BCUT2D eigenvalue weighted by molar-refractivity contribution is 7.14. The van der Waals surface area contributed by atoms with Crippen LogP contribution in [0.4, 0.5) is 5.00 Å². The molecule has 1 aliphatic rings. The second-order valence-electron chi connectivity index (χ2n) is 5.22. The molecule has 2 unspecified atom stereocenters. The first-order valence-corrected chi connectivity index (χ1v) is 7.77. The van der Waals surface area contributed by atoms with Crippen molar-refractivity contribution in [3.63, 3.8) is 0 Å². The van der Waals surface area contributed by atoms with Crippen molar-refractivity contribution in [2.45, 2.75) is 38.3 Å². The third-order valence-corrected chi connectivity index (χ3v) is 4.49. The van der Waals surface area contributed by atoms with Crippen LogP contribution in [0.5, 0.6) is 0 Å². The Morgan fingerprint density at radius 2 is 2.50 bits per heavy atom. The number of nitrogens with one attached hydrogen (secondary N) is 1. The Bertz CT molecular complexity index is 506. The number of rotatable bonds is 4. The van der Waals surface area contributed by atoms with Crippen LogP contribution in [0.25, 0.3) is 0 Å². The molecule has 6 heteroatoms. The van der Waals surface area contributed by atoms with E-state index in [1.54, 1.807) is 11.4 Å². The fourth-order valence-electron chi connectivity index (χ4n) is 2.65. The Kier molecular flexibility index (Phi) is 5.12. The maximum Gasteiger partial charge on any atom is 0.239 e. The van der Waals surface area contributed by atoms with E-state index < -0.39 is 0 Å². The monoisotopic (exact) mass is 292 g/mol. The van der Waals surface area contributed by atoms with Crippen molar-refractivity contribution in [2.24, 2.45) is 5.73 Å². The number of thiophene rings is 1. The molecule has 0 bridgehead atoms. The first kappa shape index (κ1) is 15.0. The second kappa shape index (κ2) is 6.84. The summed E-state index contributed by atoms with van der Waals surface area (Å²) < 4.78 is 0. The lowest BCUT2D eigenvalue weighted by Crippen LogP contribution is -2.51. The zero-order valence-corrected chi connectivity index (χ0v) is 12.4. The number of anilines is 1. The van der Waals surface area contributed by atoms with Crippen LogP contribution in [0.2, 0.25) is 0 Å². The molecule has 0 aliphatic carbocycles. The number of likely N-dealkylation sites (tertiary alicyclic amines) is 1. The maximum atomic E-state index is 12.1. The van der Waals surface area contributed by atoms with Crippen LogP contribution in [0, 0.1) is 11.3 Å². The van der Waals surface area contributed by atoms with E-state index in [9.17, 15) is 4.79 Å². The normalized spacial score (nSPS) is 21.1. The molecule has 2 heterocycles. The van der Waals surface area contributed by atoms with Gasteiger partial charge in [-0.15, -0.1) is 11.3 Å². The molecule has 3 N–H and O–H groups in total. The number of amides is 1. The van der Waals surface area contributed by atoms with Gasteiger partial charge in [0, 0.05) is 12.1 Å². The predicted octanol–water partition coefficient (Wildman–Crippen LogP) is 1.76. The molecule has 1 fully saturated rings. The van der Waals surface area contributed by atoms with Crippen molar-refractivity contribution in [2.75, 3.05) is 18.4 Å². The number of carbonyl (C=O) groups excluding carboxylic acids is 1. The minimum atomic E-state index is -0.0727. The van der Waals surface area contributed by atoms with Gasteiger partial charge in [0.25, 0.3) is 0 Å². The van der Waals surface area contributed by atoms with E-state index in [2.05, 4.69) is 16.3 Å². The van der Waals surface area contributed by atoms with Gasteiger partial charge in [0.05, 0.1) is 12.1 Å². The molecular weight excluding hydrogens is 272 g/mol. The molecule has 2 rings (SSSR count). The highest BCUT2D eigenvalue weighted by Gasteiger charge is 2.27. The molecule has 1 saturated heterocycles. The number of nitrogens with two attached hydrogens (primary N) is 1. The summed E-state index contributed by atoms with van der Waals surface area (Å²) in [6.07, 6.45) is 3.33. The molecular formula is C14H20N4OS. The van der Waals surface area contributed by atoms with Gasteiger partial charge in [-0.2, -0.15) is 5.26 Å². The molecule has 2 atom stereocenters. The maximum absolute atomic E-state index is 12.1. The van der Waals surface area contributed by atoms with Crippen LogP contribution in [-0.4, -0.2) is 36.0 Å². The lowest BCUT2D eigenvalue weighted by atomic mass is 9.97. The lowest BCUT2D eigenvalue weighted by molar-refractivity contribution is -0.118. The Labute approximate surface area is 123 Å². The van der Waals surface area contributed by atoms with Gasteiger partial charge >= 0.3 is 0 Å². The smallest absolute Gasteiger partial charge is 0.239 e. The van der Waals surface area contributed by atoms with Crippen LogP contribution in [0.3, 0.4) is 0 Å². The number of hydrogen-bond donors (Lipinski definition) is 2. The highest BCUT2D eigenvalue weighted by Crippen LogP contribution is 2.23. The van der Waals surface area contributed by atoms with Gasteiger partial charge in [0.1, 0.15) is 11.1 Å². The van der Waals surface area contributed by atoms with Crippen molar-refractivity contribution in [3.05, 3.63) is 17.0 Å². The van der Waals surface area contributed by atoms with E-state index in [1.165, 1.54) is 17.8 Å². The number of carbonyl (C=O) groups is 1. The van der Waals surface area contributed by atoms with E-state index in [4.69, 9.17) is 11.0 Å². The van der Waals surface area contributed by atoms with Gasteiger partial charge in [-0.3, -0.25) is 9.69 Å². The topological polar surface area (TPSA) is 82.2 Å². The molecule has 20 heavy (non-hydrogen) atoms. The summed E-state index contributed by atoms with van der Waals surface area (Å²) in [6.45, 7) is 3.25. The summed E-state index contributed by atoms with van der Waals surface area (Å²) in [7, 11) is 0. The Morgan fingerprint density at radius 3 is 3.20 bits per heavy atom. The summed E-state index contributed by atoms with van der Waals surface area (Å²) in [5.74, 6) is -0.0727. The lowest BCUT2D eigenvalue weighted by Gasteiger charge is -2.37. The third kappa shape index (κ3) is 3.57. The van der Waals surface area contributed by atoms with Crippen LogP contribution in [0.1, 0.15) is 31.7 Å². The summed E-state index contributed by atoms with van der Waals surface area (Å²) in [6, 6.07) is 4.13. The van der Waals surface area contributed by atoms with Gasteiger partial charge < -0.3 is 11.1 Å². The summed E-state index contributed by atoms with van der Waals surface area (Å²) in [4.78, 5) is 14.3. The van der Waals surface area contributed by atoms with E-state index in [1.807, 2.05) is 6.92 Å². The van der Waals surface area contributed by atoms with Crippen molar-refractivity contribution < 1.29 is 4.79 Å². The van der Waals surface area contributed by atoms with Gasteiger partial charge in [-0.1, -0.05) is 6.42 Å². The van der Waals surface area contributed by atoms with E-state index in [-0.39, 0.29) is 18.0 Å². The molecule has 0 aromatic carbocycles. The first-order valence-electron chi connectivity index (χ1n) is 6.89. The zero-order chi connectivity index (χ0) is 14.5. The van der Waals surface area contributed by atoms with Crippen molar-refractivity contribution in [1.82, 2.24) is 4.90 Å². The number of piperidine rings is 1. The average Bonchev–Trinajstić information content (AvgIpc) is 2.86. The number of nitriles is 1. The molecule has 0 saturated carbocycles. The first-order chi connectivity index (χ1) is 9.61. The minimum Gasteiger partial charge on any atom is -0.327 e. The van der Waals surface area contributed by atoms with Crippen LogP contribution in [-0.2, 0) is 4.79 Å². The highest BCUT2D eigenvalue weighted by atomic mass is 32.1. The minimum absolute atomic E-state index is 0.0690. The van der Waals surface area contributed by atoms with E-state index >= 15 is 0 Å². The molecule has 1 amide bonds. The van der Waals surface area contributed by atoms with E-state index in [0.717, 1.165) is 19.4 Å². The SMILES string of the molecule is CC(N)C1CCCCN1CC(=O)Nc1sccc1C#N. The molecule has 1 aromatic rings. The zero-order valence-electron chi connectivity index (χ0n) is 11.6. The second-order valence-corrected chi connectivity index (χ2v) is 6.13. The van der Waals surface area contributed by atoms with Gasteiger partial charge in [-0.25, -0.2) is 0 Å². The number of hydrogen-bond acceptors (Lipinski definition) is 5. The fourth-order valence-corrected chi connectivity index (χ4v) is 3.41. The summed E-state index contributed by atoms with van der Waals surface area (Å²) >= 11 is 1.37. The standard InChI is InChI=1S/C14H20N4OS/c1-10(16)12-4-2-3-6-18(12)9-13(19)17-14-11(8-15)5-7-20-14/h5,7,10,12H,2-4,6,9,16H2,1H3,(H,17,19).